The Labute approximate surface area is 250 Å². The molecule has 1 fully saturated rings. The molecule has 0 atom stereocenters. The maximum atomic E-state index is 13.6. The Kier molecular flexibility index (Phi) is 10.3. The van der Waals surface area contributed by atoms with Crippen molar-refractivity contribution >= 4 is 17.5 Å². The Morgan fingerprint density at radius 3 is 2.48 bits per heavy atom. The van der Waals surface area contributed by atoms with E-state index in [0.29, 0.717) is 32.0 Å². The number of aromatic nitrogens is 2. The number of hydrogen-bond donors (Lipinski definition) is 0. The summed E-state index contributed by atoms with van der Waals surface area (Å²) in [5.74, 6) is 2.82. The van der Waals surface area contributed by atoms with E-state index in [9.17, 15) is 4.79 Å². The highest BCUT2D eigenvalue weighted by atomic mass is 16.5. The molecule has 1 amide bonds. The smallest absolute Gasteiger partial charge is 0.227 e. The molecule has 2 heterocycles. The van der Waals surface area contributed by atoms with E-state index in [4.69, 9.17) is 9.47 Å². The van der Waals surface area contributed by atoms with Gasteiger partial charge >= 0.3 is 0 Å². The molecule has 42 heavy (non-hydrogen) atoms. The van der Waals surface area contributed by atoms with E-state index in [0.717, 1.165) is 73.2 Å². The van der Waals surface area contributed by atoms with Crippen LogP contribution in [0.15, 0.2) is 60.9 Å². The molecule has 1 aromatic heterocycles. The first-order valence-electron chi connectivity index (χ1n) is 15.5. The third kappa shape index (κ3) is 7.59. The lowest BCUT2D eigenvalue weighted by Crippen LogP contribution is -2.37. The number of methoxy groups -OCH3 is 1. The van der Waals surface area contributed by atoms with Gasteiger partial charge in [-0.2, -0.15) is 0 Å². The summed E-state index contributed by atoms with van der Waals surface area (Å²) in [4.78, 5) is 29.4. The molecule has 0 bridgehead atoms. The minimum absolute atomic E-state index is 0.172. The van der Waals surface area contributed by atoms with Gasteiger partial charge < -0.3 is 19.3 Å². The van der Waals surface area contributed by atoms with Crippen molar-refractivity contribution in [2.24, 2.45) is 5.92 Å². The van der Waals surface area contributed by atoms with Crippen molar-refractivity contribution in [3.05, 3.63) is 72.1 Å². The quantitative estimate of drug-likeness (QED) is 0.324. The number of carbonyl (C=O) groups excluding carboxylic acids is 1. The van der Waals surface area contributed by atoms with Crippen LogP contribution in [0.2, 0.25) is 0 Å². The van der Waals surface area contributed by atoms with Gasteiger partial charge in [-0.15, -0.1) is 0 Å². The van der Waals surface area contributed by atoms with E-state index < -0.39 is 0 Å². The summed E-state index contributed by atoms with van der Waals surface area (Å²) >= 11 is 0. The van der Waals surface area contributed by atoms with Crippen LogP contribution in [0.1, 0.15) is 63.5 Å². The van der Waals surface area contributed by atoms with E-state index in [1.54, 1.807) is 19.5 Å². The van der Waals surface area contributed by atoms with Crippen LogP contribution in [-0.2, 0) is 17.9 Å². The molecule has 0 saturated heterocycles. The molecule has 1 aliphatic heterocycles. The fourth-order valence-electron chi connectivity index (χ4n) is 6.04. The zero-order valence-corrected chi connectivity index (χ0v) is 25.4. The molecule has 1 saturated carbocycles. The molecule has 8 nitrogen and oxygen atoms in total. The van der Waals surface area contributed by atoms with Gasteiger partial charge in [0.25, 0.3) is 0 Å². The highest BCUT2D eigenvalue weighted by Gasteiger charge is 2.25. The normalized spacial score (nSPS) is 17.1. The first kappa shape index (κ1) is 29.8. The third-order valence-corrected chi connectivity index (χ3v) is 8.15. The van der Waals surface area contributed by atoms with Gasteiger partial charge in [-0.25, -0.2) is 9.97 Å². The van der Waals surface area contributed by atoms with E-state index >= 15 is 0 Å². The lowest BCUT2D eigenvalue weighted by atomic mass is 10.1. The lowest BCUT2D eigenvalue weighted by molar-refractivity contribution is -0.119. The summed E-state index contributed by atoms with van der Waals surface area (Å²) in [6, 6.07) is 16.4. The largest absolute Gasteiger partial charge is 0.493 e. The second-order valence-electron chi connectivity index (χ2n) is 11.8. The fourth-order valence-corrected chi connectivity index (χ4v) is 6.04. The van der Waals surface area contributed by atoms with Crippen molar-refractivity contribution < 1.29 is 14.3 Å². The molecular formula is C34H45N5O3. The van der Waals surface area contributed by atoms with Crippen LogP contribution in [0.3, 0.4) is 0 Å². The van der Waals surface area contributed by atoms with Crippen molar-refractivity contribution in [1.29, 1.82) is 0 Å². The van der Waals surface area contributed by atoms with Crippen molar-refractivity contribution in [1.82, 2.24) is 14.9 Å². The van der Waals surface area contributed by atoms with Crippen LogP contribution in [-0.4, -0.2) is 60.2 Å². The van der Waals surface area contributed by atoms with E-state index in [1.165, 1.54) is 12.8 Å². The molecule has 3 aromatic rings. The fraction of sp³-hybridized carbons (Fsp3) is 0.500. The topological polar surface area (TPSA) is 71.0 Å². The Hall–Kier alpha value is -3.65. The van der Waals surface area contributed by atoms with E-state index in [-0.39, 0.29) is 12.0 Å². The highest BCUT2D eigenvalue weighted by molar-refractivity contribution is 5.94. The number of rotatable bonds is 8. The van der Waals surface area contributed by atoms with E-state index in [1.807, 2.05) is 29.2 Å². The van der Waals surface area contributed by atoms with Gasteiger partial charge in [0.05, 0.1) is 13.2 Å². The highest BCUT2D eigenvalue weighted by Crippen LogP contribution is 2.36. The molecule has 5 rings (SSSR count). The SMILES string of the molecule is COc1cccc(CN2CCN(c3ncccn3)CCCN(C(=O)CC(C)C)c3ccccc3C2)c1OC1CCCC1. The molecular weight excluding hydrogens is 526 g/mol. The monoisotopic (exact) mass is 571 g/mol. The number of benzene rings is 2. The number of hydrogen-bond acceptors (Lipinski definition) is 7. The zero-order chi connectivity index (χ0) is 29.3. The van der Waals surface area contributed by atoms with Gasteiger partial charge in [-0.05, 0) is 61.8 Å². The molecule has 0 N–H and O–H groups in total. The summed E-state index contributed by atoms with van der Waals surface area (Å²) in [6.45, 7) is 8.59. The number of fused-ring (bicyclic) bond motifs is 1. The van der Waals surface area contributed by atoms with Gasteiger partial charge in [0.2, 0.25) is 11.9 Å². The van der Waals surface area contributed by atoms with Crippen LogP contribution in [0, 0.1) is 5.92 Å². The average Bonchev–Trinajstić information content (AvgIpc) is 3.50. The van der Waals surface area contributed by atoms with Crippen LogP contribution < -0.4 is 19.3 Å². The number of carbonyl (C=O) groups is 1. The van der Waals surface area contributed by atoms with Crippen LogP contribution in [0.4, 0.5) is 11.6 Å². The molecule has 8 heteroatoms. The summed E-state index contributed by atoms with van der Waals surface area (Å²) in [7, 11) is 1.71. The summed E-state index contributed by atoms with van der Waals surface area (Å²) in [5, 5.41) is 0. The van der Waals surface area contributed by atoms with Gasteiger partial charge in [-0.1, -0.05) is 44.2 Å². The Bertz CT molecular complexity index is 1300. The third-order valence-electron chi connectivity index (χ3n) is 8.15. The van der Waals surface area contributed by atoms with E-state index in [2.05, 4.69) is 57.9 Å². The van der Waals surface area contributed by atoms with Crippen molar-refractivity contribution in [3.8, 4) is 11.5 Å². The molecule has 1 aliphatic carbocycles. The maximum absolute atomic E-state index is 13.6. The predicted octanol–water partition coefficient (Wildman–Crippen LogP) is 6.10. The zero-order valence-electron chi connectivity index (χ0n) is 25.4. The summed E-state index contributed by atoms with van der Waals surface area (Å²) < 4.78 is 12.4. The Balaban J connectivity index is 1.49. The lowest BCUT2D eigenvalue weighted by Gasteiger charge is -2.29. The van der Waals surface area contributed by atoms with Gasteiger partial charge in [0, 0.05) is 69.3 Å². The number of ether oxygens (including phenoxy) is 2. The Morgan fingerprint density at radius 1 is 0.929 bits per heavy atom. The number of para-hydroxylation sites is 2. The van der Waals surface area contributed by atoms with Gasteiger partial charge in [0.15, 0.2) is 11.5 Å². The Morgan fingerprint density at radius 2 is 1.71 bits per heavy atom. The van der Waals surface area contributed by atoms with Crippen LogP contribution in [0.25, 0.3) is 0 Å². The molecule has 0 spiro atoms. The minimum atomic E-state index is 0.172. The van der Waals surface area contributed by atoms with Gasteiger partial charge in [0.1, 0.15) is 0 Å². The second kappa shape index (κ2) is 14.5. The maximum Gasteiger partial charge on any atom is 0.227 e. The molecule has 2 aromatic carbocycles. The molecule has 0 unspecified atom stereocenters. The van der Waals surface area contributed by atoms with Gasteiger partial charge in [-0.3, -0.25) is 9.69 Å². The summed E-state index contributed by atoms with van der Waals surface area (Å²) in [5.41, 5.74) is 3.27. The first-order chi connectivity index (χ1) is 20.5. The van der Waals surface area contributed by atoms with Crippen molar-refractivity contribution in [3.63, 3.8) is 0 Å². The average molecular weight is 572 g/mol. The van der Waals surface area contributed by atoms with Crippen LogP contribution in [0.5, 0.6) is 11.5 Å². The van der Waals surface area contributed by atoms with Crippen LogP contribution >= 0.6 is 0 Å². The van der Waals surface area contributed by atoms with Crippen molar-refractivity contribution in [2.45, 2.75) is 71.6 Å². The van der Waals surface area contributed by atoms with Crippen molar-refractivity contribution in [2.75, 3.05) is 43.1 Å². The minimum Gasteiger partial charge on any atom is -0.493 e. The predicted molar refractivity (Wildman–Crippen MR) is 167 cm³/mol. The second-order valence-corrected chi connectivity index (χ2v) is 11.8. The standard InChI is InChI=1S/C34H45N5O3/c1-26(2)23-32(40)39-20-10-19-38(34-35-17-9-18-36-34)22-21-37(24-27-11-4-7-15-30(27)39)25-28-12-8-16-31(41-3)33(28)42-29-13-5-6-14-29/h4,7-9,11-12,15-18,26,29H,5-6,10,13-14,19-25H2,1-3H3. The first-order valence-corrected chi connectivity index (χ1v) is 15.5. The number of anilines is 2. The number of amides is 1. The molecule has 224 valence electrons. The number of nitrogens with zero attached hydrogens (tertiary/aromatic N) is 5. The summed E-state index contributed by atoms with van der Waals surface area (Å²) in [6.07, 6.45) is 9.76. The molecule has 0 radical (unpaired) electrons. The molecule has 2 aliphatic rings.